The number of imidazole rings is 1. The van der Waals surface area contributed by atoms with Crippen LogP contribution in [0.15, 0.2) is 11.4 Å². The van der Waals surface area contributed by atoms with Gasteiger partial charge in [-0.2, -0.15) is 5.10 Å². The summed E-state index contributed by atoms with van der Waals surface area (Å²) in [5.74, 6) is 1.08. The summed E-state index contributed by atoms with van der Waals surface area (Å²) in [6, 6.07) is 0. The third-order valence-electron chi connectivity index (χ3n) is 2.34. The normalized spacial score (nSPS) is 11.1. The van der Waals surface area contributed by atoms with Crippen LogP contribution in [0.1, 0.15) is 24.9 Å². The lowest BCUT2D eigenvalue weighted by atomic mass is 10.3. The minimum absolute atomic E-state index is 0.913. The van der Waals surface area contributed by atoms with Gasteiger partial charge in [-0.05, 0) is 19.6 Å². The van der Waals surface area contributed by atoms with E-state index in [0.29, 0.717) is 0 Å². The number of aromatic nitrogens is 4. The lowest BCUT2D eigenvalue weighted by Gasteiger charge is -2.05. The van der Waals surface area contributed by atoms with Crippen molar-refractivity contribution >= 4 is 17.3 Å². The van der Waals surface area contributed by atoms with Crippen LogP contribution in [0, 0.1) is 6.92 Å². The lowest BCUT2D eigenvalue weighted by Crippen LogP contribution is -2.03. The summed E-state index contributed by atoms with van der Waals surface area (Å²) in [6.45, 7) is 4.12. The molecule has 4 nitrogen and oxygen atoms in total. The van der Waals surface area contributed by atoms with Crippen molar-refractivity contribution in [2.45, 2.75) is 31.8 Å². The fourth-order valence-electron chi connectivity index (χ4n) is 1.60. The predicted octanol–water partition coefficient (Wildman–Crippen LogP) is 2.11. The molecule has 0 spiro atoms. The number of fused-ring (bicyclic) bond motifs is 1. The summed E-state index contributed by atoms with van der Waals surface area (Å²) in [5.41, 5.74) is 2.00. The van der Waals surface area contributed by atoms with Crippen molar-refractivity contribution in [2.24, 2.45) is 0 Å². The van der Waals surface area contributed by atoms with Crippen LogP contribution in [0.4, 0.5) is 0 Å². The molecule has 0 aromatic carbocycles. The highest BCUT2D eigenvalue weighted by Crippen LogP contribution is 2.18. The van der Waals surface area contributed by atoms with Crippen molar-refractivity contribution < 1.29 is 0 Å². The summed E-state index contributed by atoms with van der Waals surface area (Å²) < 4.78 is 2.11. The zero-order chi connectivity index (χ0) is 10.8. The van der Waals surface area contributed by atoms with Crippen LogP contribution in [0.25, 0.3) is 5.52 Å². The predicted molar refractivity (Wildman–Crippen MR) is 61.3 cm³/mol. The second-order valence-electron chi connectivity index (χ2n) is 3.42. The Labute approximate surface area is 93.1 Å². The highest BCUT2D eigenvalue weighted by Gasteiger charge is 2.10. The molecule has 0 atom stereocenters. The quantitative estimate of drug-likeness (QED) is 0.746. The van der Waals surface area contributed by atoms with Crippen molar-refractivity contribution in [3.8, 4) is 0 Å². The van der Waals surface area contributed by atoms with Crippen LogP contribution in [0.5, 0.6) is 0 Å². The average molecular weight is 222 g/mol. The van der Waals surface area contributed by atoms with Gasteiger partial charge in [-0.3, -0.25) is 4.40 Å². The second-order valence-corrected chi connectivity index (χ2v) is 4.19. The van der Waals surface area contributed by atoms with Gasteiger partial charge < -0.3 is 0 Å². The van der Waals surface area contributed by atoms with Gasteiger partial charge in [-0.15, -0.1) is 5.10 Å². The van der Waals surface area contributed by atoms with Gasteiger partial charge in [0.1, 0.15) is 5.82 Å². The molecule has 0 bridgehead atoms. The van der Waals surface area contributed by atoms with E-state index in [0.717, 1.165) is 35.0 Å². The highest BCUT2D eigenvalue weighted by molar-refractivity contribution is 7.98. The van der Waals surface area contributed by atoms with E-state index < -0.39 is 0 Å². The first-order valence-corrected chi connectivity index (χ1v) is 6.24. The van der Waals surface area contributed by atoms with Crippen molar-refractivity contribution in [1.29, 1.82) is 0 Å². The Bertz CT molecular complexity index is 477. The monoisotopic (exact) mass is 222 g/mol. The van der Waals surface area contributed by atoms with E-state index in [4.69, 9.17) is 0 Å². The maximum absolute atomic E-state index is 4.42. The average Bonchev–Trinajstić information content (AvgIpc) is 2.65. The van der Waals surface area contributed by atoms with Gasteiger partial charge in [-0.1, -0.05) is 18.7 Å². The third-order valence-corrected chi connectivity index (χ3v) is 2.97. The first-order valence-electron chi connectivity index (χ1n) is 5.01. The van der Waals surface area contributed by atoms with Gasteiger partial charge in [0.2, 0.25) is 0 Å². The summed E-state index contributed by atoms with van der Waals surface area (Å²) in [5, 5.41) is 9.21. The van der Waals surface area contributed by atoms with Gasteiger partial charge in [0.25, 0.3) is 0 Å². The summed E-state index contributed by atoms with van der Waals surface area (Å²) >= 11 is 1.60. The van der Waals surface area contributed by atoms with Gasteiger partial charge in [-0.25, -0.2) is 4.98 Å². The molecule has 0 unspecified atom stereocenters. The van der Waals surface area contributed by atoms with Crippen molar-refractivity contribution in [2.75, 3.05) is 6.26 Å². The van der Waals surface area contributed by atoms with E-state index in [1.165, 1.54) is 0 Å². The smallest absolute Gasteiger partial charge is 0.195 e. The zero-order valence-corrected chi connectivity index (χ0v) is 10.0. The SMILES string of the molecule is CCCc1ncc2c(C)nnc(SC)n12. The van der Waals surface area contributed by atoms with E-state index in [1.807, 2.05) is 19.4 Å². The minimum Gasteiger partial charge on any atom is -0.272 e. The molecule has 0 aliphatic carbocycles. The molecule has 0 N–H and O–H groups in total. The minimum atomic E-state index is 0.913. The van der Waals surface area contributed by atoms with Gasteiger partial charge in [0, 0.05) is 6.42 Å². The summed E-state index contributed by atoms with van der Waals surface area (Å²) in [4.78, 5) is 4.42. The first kappa shape index (κ1) is 10.4. The molecule has 0 radical (unpaired) electrons. The fourth-order valence-corrected chi connectivity index (χ4v) is 2.11. The fraction of sp³-hybridized carbons (Fsp3) is 0.500. The topological polar surface area (TPSA) is 43.1 Å². The maximum atomic E-state index is 4.42. The van der Waals surface area contributed by atoms with Crippen LogP contribution in [-0.4, -0.2) is 25.8 Å². The molecule has 2 aromatic rings. The number of aryl methyl sites for hydroxylation is 2. The Morgan fingerprint density at radius 2 is 2.20 bits per heavy atom. The molecule has 2 aromatic heterocycles. The molecule has 5 heteroatoms. The van der Waals surface area contributed by atoms with Crippen molar-refractivity contribution in [1.82, 2.24) is 19.6 Å². The van der Waals surface area contributed by atoms with Crippen LogP contribution in [-0.2, 0) is 6.42 Å². The standard InChI is InChI=1S/C10H14N4S/c1-4-5-9-11-6-8-7(2)12-13-10(15-3)14(8)9/h6H,4-5H2,1-3H3. The van der Waals surface area contributed by atoms with Crippen LogP contribution in [0.3, 0.4) is 0 Å². The summed E-state index contributed by atoms with van der Waals surface area (Å²) in [6.07, 6.45) is 5.96. The van der Waals surface area contributed by atoms with Crippen LogP contribution >= 0.6 is 11.8 Å². The van der Waals surface area contributed by atoms with E-state index >= 15 is 0 Å². The number of rotatable bonds is 3. The van der Waals surface area contributed by atoms with E-state index in [2.05, 4.69) is 26.5 Å². The number of hydrogen-bond donors (Lipinski definition) is 0. The Balaban J connectivity index is 2.69. The molecule has 0 aliphatic rings. The molecule has 0 saturated heterocycles. The molecule has 0 fully saturated rings. The second kappa shape index (κ2) is 4.18. The molecule has 0 saturated carbocycles. The van der Waals surface area contributed by atoms with Crippen molar-refractivity contribution in [3.63, 3.8) is 0 Å². The summed E-state index contributed by atoms with van der Waals surface area (Å²) in [7, 11) is 0. The van der Waals surface area contributed by atoms with Crippen LogP contribution < -0.4 is 0 Å². The van der Waals surface area contributed by atoms with Gasteiger partial charge in [0.05, 0.1) is 17.4 Å². The molecule has 2 heterocycles. The van der Waals surface area contributed by atoms with E-state index in [9.17, 15) is 0 Å². The first-order chi connectivity index (χ1) is 7.27. The molecular weight excluding hydrogens is 208 g/mol. The maximum Gasteiger partial charge on any atom is 0.195 e. The van der Waals surface area contributed by atoms with Gasteiger partial charge >= 0.3 is 0 Å². The van der Waals surface area contributed by atoms with E-state index in [-0.39, 0.29) is 0 Å². The molecule has 2 rings (SSSR count). The Morgan fingerprint density at radius 1 is 1.40 bits per heavy atom. The van der Waals surface area contributed by atoms with Gasteiger partial charge in [0.15, 0.2) is 5.16 Å². The Hall–Kier alpha value is -1.10. The molecule has 15 heavy (non-hydrogen) atoms. The molecule has 80 valence electrons. The molecule has 0 amide bonds. The van der Waals surface area contributed by atoms with Crippen molar-refractivity contribution in [3.05, 3.63) is 17.7 Å². The van der Waals surface area contributed by atoms with E-state index in [1.54, 1.807) is 11.8 Å². The Kier molecular flexibility index (Phi) is 2.90. The number of nitrogens with zero attached hydrogens (tertiary/aromatic N) is 4. The largest absolute Gasteiger partial charge is 0.272 e. The number of thioether (sulfide) groups is 1. The number of hydrogen-bond acceptors (Lipinski definition) is 4. The zero-order valence-electron chi connectivity index (χ0n) is 9.19. The molecule has 0 aliphatic heterocycles. The highest BCUT2D eigenvalue weighted by atomic mass is 32.2. The van der Waals surface area contributed by atoms with Crippen LogP contribution in [0.2, 0.25) is 0 Å². The third kappa shape index (κ3) is 1.71. The Morgan fingerprint density at radius 3 is 2.87 bits per heavy atom. The lowest BCUT2D eigenvalue weighted by molar-refractivity contribution is 0.732. The molecular formula is C10H14N4S.